The smallest absolute Gasteiger partial charge is 0.258 e. The Kier molecular flexibility index (Phi) is 5.24. The second-order valence-corrected chi connectivity index (χ2v) is 5.17. The quantitative estimate of drug-likeness (QED) is 0.203. The van der Waals surface area contributed by atoms with Crippen molar-refractivity contribution in [3.8, 4) is 0 Å². The number of nitrogens with one attached hydrogen (secondary N) is 1. The Hall–Kier alpha value is -2.16. The molecular formula is C9H11N5O4S. The SMILES string of the molecule is [N-]=[N+]=NCCCNS(=O)(=O)c1ccccc1[N+](=O)[O-]. The first-order chi connectivity index (χ1) is 8.99. The summed E-state index contributed by atoms with van der Waals surface area (Å²) in [6.45, 7) is 0.184. The van der Waals surface area contributed by atoms with E-state index in [2.05, 4.69) is 14.7 Å². The number of para-hydroxylation sites is 1. The molecule has 1 aromatic carbocycles. The lowest BCUT2D eigenvalue weighted by molar-refractivity contribution is -0.387. The van der Waals surface area contributed by atoms with Crippen LogP contribution in [0.1, 0.15) is 6.42 Å². The number of sulfonamides is 1. The summed E-state index contributed by atoms with van der Waals surface area (Å²) in [5.74, 6) is 0. The molecule has 19 heavy (non-hydrogen) atoms. The highest BCUT2D eigenvalue weighted by Crippen LogP contribution is 2.22. The average molecular weight is 285 g/mol. The van der Waals surface area contributed by atoms with Crippen LogP contribution in [0.4, 0.5) is 5.69 Å². The largest absolute Gasteiger partial charge is 0.289 e. The zero-order valence-corrected chi connectivity index (χ0v) is 10.6. The van der Waals surface area contributed by atoms with Gasteiger partial charge < -0.3 is 0 Å². The highest BCUT2D eigenvalue weighted by Gasteiger charge is 2.24. The normalized spacial score (nSPS) is 10.7. The first-order valence-corrected chi connectivity index (χ1v) is 6.71. The first-order valence-electron chi connectivity index (χ1n) is 5.23. The molecule has 0 saturated heterocycles. The third-order valence-electron chi connectivity index (χ3n) is 2.14. The summed E-state index contributed by atoms with van der Waals surface area (Å²) in [4.78, 5) is 12.1. The Morgan fingerprint density at radius 2 is 2.11 bits per heavy atom. The van der Waals surface area contributed by atoms with Gasteiger partial charge in [0.1, 0.15) is 0 Å². The first kappa shape index (κ1) is 14.9. The van der Waals surface area contributed by atoms with E-state index < -0.39 is 20.6 Å². The van der Waals surface area contributed by atoms with E-state index >= 15 is 0 Å². The van der Waals surface area contributed by atoms with Crippen molar-refractivity contribution in [2.45, 2.75) is 11.3 Å². The molecule has 0 saturated carbocycles. The maximum Gasteiger partial charge on any atom is 0.289 e. The Bertz CT molecular complexity index is 609. The van der Waals surface area contributed by atoms with E-state index in [1.807, 2.05) is 0 Å². The summed E-state index contributed by atoms with van der Waals surface area (Å²) >= 11 is 0. The third kappa shape index (κ3) is 4.21. The lowest BCUT2D eigenvalue weighted by atomic mass is 10.3. The van der Waals surface area contributed by atoms with Crippen LogP contribution in [0, 0.1) is 10.1 Å². The minimum Gasteiger partial charge on any atom is -0.258 e. The molecule has 1 rings (SSSR count). The van der Waals surface area contributed by atoms with Gasteiger partial charge in [0.2, 0.25) is 10.0 Å². The topological polar surface area (TPSA) is 138 Å². The molecule has 1 aromatic rings. The van der Waals surface area contributed by atoms with E-state index in [1.165, 1.54) is 12.1 Å². The number of azide groups is 1. The predicted molar refractivity (Wildman–Crippen MR) is 66.9 cm³/mol. The van der Waals surface area contributed by atoms with Crippen molar-refractivity contribution in [3.63, 3.8) is 0 Å². The van der Waals surface area contributed by atoms with Crippen molar-refractivity contribution in [1.82, 2.24) is 4.72 Å². The second kappa shape index (κ2) is 6.69. The fraction of sp³-hybridized carbons (Fsp3) is 0.333. The van der Waals surface area contributed by atoms with Gasteiger partial charge in [-0.1, -0.05) is 17.2 Å². The zero-order valence-electron chi connectivity index (χ0n) is 9.76. The van der Waals surface area contributed by atoms with Gasteiger partial charge in [-0.15, -0.1) is 0 Å². The Morgan fingerprint density at radius 3 is 2.74 bits per heavy atom. The standard InChI is InChI=1S/C9H11N5O4S/c10-13-11-6-3-7-12-19(17,18)9-5-2-1-4-8(9)14(15)16/h1-2,4-5,12H,3,6-7H2. The van der Waals surface area contributed by atoms with Gasteiger partial charge in [-0.25, -0.2) is 13.1 Å². The minimum absolute atomic E-state index is 0.0351. The van der Waals surface area contributed by atoms with Crippen molar-refractivity contribution in [2.75, 3.05) is 13.1 Å². The number of hydrogen-bond acceptors (Lipinski definition) is 5. The van der Waals surface area contributed by atoms with Crippen LogP contribution in [0.15, 0.2) is 34.3 Å². The Morgan fingerprint density at radius 1 is 1.42 bits per heavy atom. The molecule has 0 fully saturated rings. The van der Waals surface area contributed by atoms with Crippen LogP contribution in [0.25, 0.3) is 10.4 Å². The number of hydrogen-bond donors (Lipinski definition) is 1. The van der Waals surface area contributed by atoms with Crippen molar-refractivity contribution in [2.24, 2.45) is 5.11 Å². The summed E-state index contributed by atoms with van der Waals surface area (Å²) in [6.07, 6.45) is 0.309. The Balaban J connectivity index is 2.83. The molecule has 0 bridgehead atoms. The molecule has 0 aromatic heterocycles. The molecule has 0 aliphatic heterocycles. The van der Waals surface area contributed by atoms with E-state index in [4.69, 9.17) is 5.53 Å². The van der Waals surface area contributed by atoms with Crippen LogP contribution in [-0.4, -0.2) is 26.4 Å². The molecule has 0 amide bonds. The summed E-state index contributed by atoms with van der Waals surface area (Å²) in [6, 6.07) is 5.07. The number of nitrogens with zero attached hydrogens (tertiary/aromatic N) is 4. The lowest BCUT2D eigenvalue weighted by Crippen LogP contribution is -2.25. The average Bonchev–Trinajstić information content (AvgIpc) is 2.38. The lowest BCUT2D eigenvalue weighted by Gasteiger charge is -2.06. The van der Waals surface area contributed by atoms with Gasteiger partial charge in [0, 0.05) is 24.1 Å². The van der Waals surface area contributed by atoms with Gasteiger partial charge in [-0.2, -0.15) is 0 Å². The molecular weight excluding hydrogens is 274 g/mol. The highest BCUT2D eigenvalue weighted by atomic mass is 32.2. The fourth-order valence-corrected chi connectivity index (χ4v) is 2.56. The number of nitro benzene ring substituents is 1. The van der Waals surface area contributed by atoms with Crippen LogP contribution in [0.2, 0.25) is 0 Å². The van der Waals surface area contributed by atoms with Crippen LogP contribution in [0.3, 0.4) is 0 Å². The maximum atomic E-state index is 11.9. The van der Waals surface area contributed by atoms with Crippen LogP contribution in [0.5, 0.6) is 0 Å². The number of benzene rings is 1. The number of nitro groups is 1. The molecule has 0 aliphatic carbocycles. The van der Waals surface area contributed by atoms with E-state index in [9.17, 15) is 18.5 Å². The van der Waals surface area contributed by atoms with Gasteiger partial charge >= 0.3 is 0 Å². The summed E-state index contributed by atoms with van der Waals surface area (Å²) in [7, 11) is -3.95. The van der Waals surface area contributed by atoms with E-state index in [0.717, 1.165) is 12.1 Å². The van der Waals surface area contributed by atoms with Gasteiger partial charge in [-0.05, 0) is 18.0 Å². The minimum atomic E-state index is -3.95. The van der Waals surface area contributed by atoms with E-state index in [1.54, 1.807) is 0 Å². The van der Waals surface area contributed by atoms with Gasteiger partial charge in [0.05, 0.1) is 4.92 Å². The summed E-state index contributed by atoms with van der Waals surface area (Å²) in [5.41, 5.74) is 7.56. The predicted octanol–water partition coefficient (Wildman–Crippen LogP) is 1.57. The van der Waals surface area contributed by atoms with E-state index in [-0.39, 0.29) is 18.0 Å². The van der Waals surface area contributed by atoms with Crippen molar-refractivity contribution in [3.05, 3.63) is 44.8 Å². The molecule has 0 radical (unpaired) electrons. The number of rotatable bonds is 7. The molecule has 0 unspecified atom stereocenters. The molecule has 0 heterocycles. The van der Waals surface area contributed by atoms with E-state index in [0.29, 0.717) is 6.42 Å². The summed E-state index contributed by atoms with van der Waals surface area (Å²) in [5, 5.41) is 14.0. The Labute approximate surface area is 109 Å². The van der Waals surface area contributed by atoms with Crippen molar-refractivity contribution >= 4 is 15.7 Å². The monoisotopic (exact) mass is 285 g/mol. The highest BCUT2D eigenvalue weighted by molar-refractivity contribution is 7.89. The molecule has 0 atom stereocenters. The molecule has 1 N–H and O–H groups in total. The molecule has 10 heteroatoms. The summed E-state index contributed by atoms with van der Waals surface area (Å²) < 4.78 is 26.0. The zero-order chi connectivity index (χ0) is 14.3. The van der Waals surface area contributed by atoms with Gasteiger partial charge in [0.15, 0.2) is 4.90 Å². The fourth-order valence-electron chi connectivity index (χ4n) is 1.31. The molecule has 102 valence electrons. The maximum absolute atomic E-state index is 11.9. The van der Waals surface area contributed by atoms with Crippen molar-refractivity contribution in [1.29, 1.82) is 0 Å². The molecule has 0 aliphatic rings. The third-order valence-corrected chi connectivity index (χ3v) is 3.65. The van der Waals surface area contributed by atoms with Crippen LogP contribution in [-0.2, 0) is 10.0 Å². The molecule has 9 nitrogen and oxygen atoms in total. The van der Waals surface area contributed by atoms with Crippen molar-refractivity contribution < 1.29 is 13.3 Å². The second-order valence-electron chi connectivity index (χ2n) is 3.43. The molecule has 0 spiro atoms. The van der Waals surface area contributed by atoms with Gasteiger partial charge in [0.25, 0.3) is 5.69 Å². The van der Waals surface area contributed by atoms with Crippen LogP contribution < -0.4 is 4.72 Å². The van der Waals surface area contributed by atoms with Crippen LogP contribution >= 0.6 is 0 Å². The van der Waals surface area contributed by atoms with Gasteiger partial charge in [-0.3, -0.25) is 10.1 Å².